The van der Waals surface area contributed by atoms with Gasteiger partial charge in [-0.05, 0) is 62.7 Å². The van der Waals surface area contributed by atoms with E-state index >= 15 is 0 Å². The van der Waals surface area contributed by atoms with E-state index in [0.29, 0.717) is 11.6 Å². The molecule has 2 heterocycles. The Bertz CT molecular complexity index is 679. The van der Waals surface area contributed by atoms with Crippen LogP contribution in [-0.2, 0) is 0 Å². The Hall–Kier alpha value is -2.34. The number of carbonyl (C=O) groups excluding carboxylic acids is 1. The molecule has 2 aromatic rings. The van der Waals surface area contributed by atoms with Crippen molar-refractivity contribution >= 4 is 5.91 Å². The number of ether oxygens (including phenoxy) is 1. The highest BCUT2D eigenvalue weighted by molar-refractivity contribution is 5.92. The number of hydrogen-bond acceptors (Lipinski definition) is 4. The molecule has 1 unspecified atom stereocenters. The molecular formula is C18H24N4O2. The summed E-state index contributed by atoms with van der Waals surface area (Å²) in [6.45, 7) is 2.56. The summed E-state index contributed by atoms with van der Waals surface area (Å²) in [6.07, 6.45) is 4.05. The molecule has 3 rings (SSSR count). The van der Waals surface area contributed by atoms with Gasteiger partial charge in [0, 0.05) is 19.3 Å². The minimum Gasteiger partial charge on any atom is -0.497 e. The minimum absolute atomic E-state index is 0.0167. The van der Waals surface area contributed by atoms with Gasteiger partial charge in [0.2, 0.25) is 0 Å². The minimum atomic E-state index is 0.0167. The maximum Gasteiger partial charge on any atom is 0.274 e. The zero-order chi connectivity index (χ0) is 16.9. The zero-order valence-corrected chi connectivity index (χ0v) is 14.2. The first-order valence-corrected chi connectivity index (χ1v) is 8.35. The number of nitrogens with one attached hydrogen (secondary N) is 1. The Balaban J connectivity index is 1.71. The third kappa shape index (κ3) is 3.59. The van der Waals surface area contributed by atoms with Gasteiger partial charge in [0.05, 0.1) is 12.8 Å². The lowest BCUT2D eigenvalue weighted by Crippen LogP contribution is -2.42. The van der Waals surface area contributed by atoms with Crippen LogP contribution in [0.1, 0.15) is 23.3 Å². The summed E-state index contributed by atoms with van der Waals surface area (Å²) in [7, 11) is 3.59. The van der Waals surface area contributed by atoms with Gasteiger partial charge in [0.25, 0.3) is 5.91 Å². The first kappa shape index (κ1) is 16.5. The molecule has 1 saturated heterocycles. The summed E-state index contributed by atoms with van der Waals surface area (Å²) in [6, 6.07) is 9.39. The van der Waals surface area contributed by atoms with E-state index in [4.69, 9.17) is 4.74 Å². The molecule has 6 nitrogen and oxygen atoms in total. The van der Waals surface area contributed by atoms with Gasteiger partial charge in [-0.2, -0.15) is 5.10 Å². The molecule has 0 radical (unpaired) electrons. The van der Waals surface area contributed by atoms with Crippen molar-refractivity contribution in [1.82, 2.24) is 20.0 Å². The molecule has 6 heteroatoms. The van der Waals surface area contributed by atoms with Crippen molar-refractivity contribution in [2.45, 2.75) is 12.8 Å². The topological polar surface area (TPSA) is 59.4 Å². The second kappa shape index (κ2) is 7.49. The van der Waals surface area contributed by atoms with Crippen LogP contribution in [0.5, 0.6) is 5.75 Å². The van der Waals surface area contributed by atoms with Crippen molar-refractivity contribution < 1.29 is 9.53 Å². The fourth-order valence-electron chi connectivity index (χ4n) is 3.18. The smallest absolute Gasteiger partial charge is 0.274 e. The number of rotatable bonds is 5. The van der Waals surface area contributed by atoms with E-state index in [9.17, 15) is 4.79 Å². The summed E-state index contributed by atoms with van der Waals surface area (Å²) in [4.78, 5) is 14.6. The Morgan fingerprint density at radius 1 is 1.33 bits per heavy atom. The van der Waals surface area contributed by atoms with E-state index < -0.39 is 0 Å². The molecule has 1 aliphatic rings. The fraction of sp³-hybridized carbons (Fsp3) is 0.444. The van der Waals surface area contributed by atoms with Crippen molar-refractivity contribution in [2.24, 2.45) is 5.92 Å². The van der Waals surface area contributed by atoms with Crippen LogP contribution in [-0.4, -0.2) is 54.4 Å². The van der Waals surface area contributed by atoms with Gasteiger partial charge in [-0.1, -0.05) is 0 Å². The summed E-state index contributed by atoms with van der Waals surface area (Å²) in [5, 5.41) is 7.65. The van der Waals surface area contributed by atoms with Crippen LogP contribution < -0.4 is 10.1 Å². The summed E-state index contributed by atoms with van der Waals surface area (Å²) in [5.41, 5.74) is 1.40. The lowest BCUT2D eigenvalue weighted by molar-refractivity contribution is 0.0668. The van der Waals surface area contributed by atoms with E-state index in [1.54, 1.807) is 17.9 Å². The van der Waals surface area contributed by atoms with Gasteiger partial charge in [0.1, 0.15) is 5.75 Å². The first-order chi connectivity index (χ1) is 11.7. The van der Waals surface area contributed by atoms with Crippen molar-refractivity contribution in [2.75, 3.05) is 33.8 Å². The highest BCUT2D eigenvalue weighted by Crippen LogP contribution is 2.19. The molecule has 0 spiro atoms. The van der Waals surface area contributed by atoms with E-state index in [-0.39, 0.29) is 5.91 Å². The molecule has 0 saturated carbocycles. The highest BCUT2D eigenvalue weighted by Gasteiger charge is 2.25. The van der Waals surface area contributed by atoms with Gasteiger partial charge < -0.3 is 15.0 Å². The molecule has 1 atom stereocenters. The van der Waals surface area contributed by atoms with Crippen LogP contribution in [0.25, 0.3) is 5.69 Å². The predicted molar refractivity (Wildman–Crippen MR) is 92.7 cm³/mol. The fourth-order valence-corrected chi connectivity index (χ4v) is 3.18. The van der Waals surface area contributed by atoms with Gasteiger partial charge in [-0.25, -0.2) is 4.68 Å². The van der Waals surface area contributed by atoms with Crippen LogP contribution in [0, 0.1) is 5.92 Å². The Labute approximate surface area is 142 Å². The molecule has 1 aliphatic heterocycles. The SMILES string of the molecule is CNCC1CCCN(C(=O)c2ccn(-c3ccc(OC)cc3)n2)C1. The van der Waals surface area contributed by atoms with Crippen LogP contribution >= 0.6 is 0 Å². The second-order valence-corrected chi connectivity index (χ2v) is 6.16. The number of benzene rings is 1. The van der Waals surface area contributed by atoms with Gasteiger partial charge >= 0.3 is 0 Å². The summed E-state index contributed by atoms with van der Waals surface area (Å²) >= 11 is 0. The van der Waals surface area contributed by atoms with Crippen LogP contribution in [0.3, 0.4) is 0 Å². The van der Waals surface area contributed by atoms with Crippen LogP contribution in [0.4, 0.5) is 0 Å². The van der Waals surface area contributed by atoms with Gasteiger partial charge in [-0.3, -0.25) is 4.79 Å². The summed E-state index contributed by atoms with van der Waals surface area (Å²) in [5.74, 6) is 1.34. The van der Waals surface area contributed by atoms with Crippen LogP contribution in [0.2, 0.25) is 0 Å². The highest BCUT2D eigenvalue weighted by atomic mass is 16.5. The number of likely N-dealkylation sites (tertiary alicyclic amines) is 1. The molecule has 128 valence electrons. The van der Waals surface area contributed by atoms with Crippen LogP contribution in [0.15, 0.2) is 36.5 Å². The van der Waals surface area contributed by atoms with Crippen molar-refractivity contribution in [3.05, 3.63) is 42.2 Å². The maximum absolute atomic E-state index is 12.7. The van der Waals surface area contributed by atoms with Gasteiger partial charge in [-0.15, -0.1) is 0 Å². The normalized spacial score (nSPS) is 17.8. The maximum atomic E-state index is 12.7. The van der Waals surface area contributed by atoms with Crippen molar-refractivity contribution in [3.63, 3.8) is 0 Å². The second-order valence-electron chi connectivity index (χ2n) is 6.16. The summed E-state index contributed by atoms with van der Waals surface area (Å²) < 4.78 is 6.89. The van der Waals surface area contributed by atoms with E-state index in [2.05, 4.69) is 10.4 Å². The van der Waals surface area contributed by atoms with Crippen molar-refractivity contribution in [1.29, 1.82) is 0 Å². The lowest BCUT2D eigenvalue weighted by atomic mass is 9.98. The molecule has 1 N–H and O–H groups in total. The average molecular weight is 328 g/mol. The number of hydrogen-bond donors (Lipinski definition) is 1. The first-order valence-electron chi connectivity index (χ1n) is 8.35. The third-order valence-electron chi connectivity index (χ3n) is 4.44. The molecule has 0 bridgehead atoms. The largest absolute Gasteiger partial charge is 0.497 e. The molecule has 1 aromatic heterocycles. The average Bonchev–Trinajstić information content (AvgIpc) is 3.12. The molecule has 1 amide bonds. The number of piperidine rings is 1. The van der Waals surface area contributed by atoms with E-state index in [0.717, 1.165) is 37.5 Å². The quantitative estimate of drug-likeness (QED) is 0.911. The van der Waals surface area contributed by atoms with Crippen molar-refractivity contribution in [3.8, 4) is 11.4 Å². The number of aromatic nitrogens is 2. The Morgan fingerprint density at radius 2 is 2.12 bits per heavy atom. The Kier molecular flexibility index (Phi) is 5.15. The number of amides is 1. The molecule has 24 heavy (non-hydrogen) atoms. The molecule has 0 aliphatic carbocycles. The Morgan fingerprint density at radius 3 is 2.83 bits per heavy atom. The standard InChI is InChI=1S/C18H24N4O2/c1-19-12-14-4-3-10-21(13-14)18(23)17-9-11-22(20-17)15-5-7-16(24-2)8-6-15/h5-9,11,14,19H,3-4,10,12-13H2,1-2H3. The predicted octanol–water partition coefficient (Wildman–Crippen LogP) is 1.95. The zero-order valence-electron chi connectivity index (χ0n) is 14.2. The number of carbonyl (C=O) groups is 1. The molecular weight excluding hydrogens is 304 g/mol. The number of nitrogens with zero attached hydrogens (tertiary/aromatic N) is 3. The van der Waals surface area contributed by atoms with E-state index in [1.807, 2.05) is 42.4 Å². The van der Waals surface area contributed by atoms with E-state index in [1.165, 1.54) is 6.42 Å². The molecule has 1 fully saturated rings. The lowest BCUT2D eigenvalue weighted by Gasteiger charge is -2.32. The third-order valence-corrected chi connectivity index (χ3v) is 4.44. The monoisotopic (exact) mass is 328 g/mol. The number of methoxy groups -OCH3 is 1. The molecule has 1 aromatic carbocycles. The van der Waals surface area contributed by atoms with Gasteiger partial charge in [0.15, 0.2) is 5.69 Å².